The van der Waals surface area contributed by atoms with Crippen molar-refractivity contribution in [2.75, 3.05) is 45.9 Å². The number of nitrogens with zero attached hydrogens (tertiary/aromatic N) is 2. The zero-order valence-corrected chi connectivity index (χ0v) is 12.6. The van der Waals surface area contributed by atoms with Crippen LogP contribution in [0.25, 0.3) is 0 Å². The van der Waals surface area contributed by atoms with Crippen molar-refractivity contribution < 1.29 is 9.84 Å². The lowest BCUT2D eigenvalue weighted by molar-refractivity contribution is -0.0354. The molecule has 0 amide bonds. The van der Waals surface area contributed by atoms with Gasteiger partial charge in [0.15, 0.2) is 0 Å². The van der Waals surface area contributed by atoms with Gasteiger partial charge in [0.25, 0.3) is 0 Å². The molecule has 0 unspecified atom stereocenters. The van der Waals surface area contributed by atoms with Crippen LogP contribution in [0.4, 0.5) is 0 Å². The van der Waals surface area contributed by atoms with Crippen LogP contribution in [0.5, 0.6) is 0 Å². The third-order valence-corrected chi connectivity index (χ3v) is 4.67. The first-order chi connectivity index (χ1) is 9.19. The van der Waals surface area contributed by atoms with Crippen LogP contribution < -0.4 is 0 Å². The molecule has 0 aromatic heterocycles. The molecule has 112 valence electrons. The first-order valence-corrected chi connectivity index (χ1v) is 7.93. The van der Waals surface area contributed by atoms with Crippen LogP contribution in [0.1, 0.15) is 33.1 Å². The van der Waals surface area contributed by atoms with Crippen LogP contribution in [0.15, 0.2) is 0 Å². The molecule has 0 aromatic rings. The van der Waals surface area contributed by atoms with Crippen molar-refractivity contribution in [1.29, 1.82) is 0 Å². The summed E-state index contributed by atoms with van der Waals surface area (Å²) in [6.07, 6.45) is 3.77. The first-order valence-electron chi connectivity index (χ1n) is 7.93. The highest BCUT2D eigenvalue weighted by atomic mass is 16.5. The predicted octanol–water partition coefficient (Wildman–Crippen LogP) is 1.19. The molecule has 1 saturated carbocycles. The molecule has 0 aromatic carbocycles. The number of ether oxygens (including phenoxy) is 1. The Labute approximate surface area is 117 Å². The second kappa shape index (κ2) is 7.58. The molecule has 0 spiro atoms. The number of aliphatic hydroxyl groups is 1. The van der Waals surface area contributed by atoms with Gasteiger partial charge in [-0.1, -0.05) is 20.3 Å². The van der Waals surface area contributed by atoms with Crippen molar-refractivity contribution in [3.05, 3.63) is 0 Å². The van der Waals surface area contributed by atoms with Gasteiger partial charge in [-0.25, -0.2) is 0 Å². The van der Waals surface area contributed by atoms with E-state index in [9.17, 15) is 5.11 Å². The van der Waals surface area contributed by atoms with Gasteiger partial charge < -0.3 is 14.7 Å². The Kier molecular flexibility index (Phi) is 6.07. The lowest BCUT2D eigenvalue weighted by Gasteiger charge is -2.35. The fourth-order valence-corrected chi connectivity index (χ4v) is 3.23. The maximum Gasteiger partial charge on any atom is 0.0900 e. The van der Waals surface area contributed by atoms with Gasteiger partial charge in [-0.2, -0.15) is 0 Å². The van der Waals surface area contributed by atoms with E-state index in [1.807, 2.05) is 0 Å². The standard InChI is InChI=1S/C15H30N2O2/c1-3-16-7-9-17(10-8-16)11-14(18)12-19-15-6-4-5-13(15)2/h13-15,18H,3-12H2,1-2H3/t13-,14+,15+/m1/s1. The van der Waals surface area contributed by atoms with Gasteiger partial charge in [-0.3, -0.25) is 4.90 Å². The van der Waals surface area contributed by atoms with Crippen molar-refractivity contribution in [2.45, 2.75) is 45.3 Å². The molecule has 19 heavy (non-hydrogen) atoms. The molecule has 0 radical (unpaired) electrons. The van der Waals surface area contributed by atoms with E-state index in [0.717, 1.165) is 39.3 Å². The summed E-state index contributed by atoms with van der Waals surface area (Å²) in [7, 11) is 0. The number of likely N-dealkylation sites (N-methyl/N-ethyl adjacent to an activating group) is 1. The molecular weight excluding hydrogens is 240 g/mol. The van der Waals surface area contributed by atoms with Crippen LogP contribution in [-0.4, -0.2) is 73.0 Å². The van der Waals surface area contributed by atoms with E-state index in [4.69, 9.17) is 4.74 Å². The van der Waals surface area contributed by atoms with Gasteiger partial charge >= 0.3 is 0 Å². The highest BCUT2D eigenvalue weighted by Crippen LogP contribution is 2.27. The highest BCUT2D eigenvalue weighted by molar-refractivity contribution is 4.76. The molecule has 1 heterocycles. The van der Waals surface area contributed by atoms with Crippen LogP contribution in [0.3, 0.4) is 0 Å². The average molecular weight is 270 g/mol. The Balaban J connectivity index is 1.60. The molecule has 2 rings (SSSR count). The highest BCUT2D eigenvalue weighted by Gasteiger charge is 2.25. The minimum Gasteiger partial charge on any atom is -0.389 e. The third kappa shape index (κ3) is 4.71. The van der Waals surface area contributed by atoms with E-state index >= 15 is 0 Å². The molecule has 1 aliphatic carbocycles. The maximum absolute atomic E-state index is 10.1. The van der Waals surface area contributed by atoms with Crippen molar-refractivity contribution in [1.82, 2.24) is 9.80 Å². The molecule has 1 saturated heterocycles. The molecule has 0 bridgehead atoms. The number of β-amino-alcohol motifs (C(OH)–C–C–N with tert-alkyl or cyclic N) is 1. The zero-order chi connectivity index (χ0) is 13.7. The van der Waals surface area contributed by atoms with E-state index in [2.05, 4.69) is 23.6 Å². The molecule has 2 aliphatic rings. The van der Waals surface area contributed by atoms with Gasteiger partial charge in [0.1, 0.15) is 0 Å². The summed E-state index contributed by atoms with van der Waals surface area (Å²) in [5.74, 6) is 0.667. The smallest absolute Gasteiger partial charge is 0.0900 e. The molecule has 4 nitrogen and oxygen atoms in total. The van der Waals surface area contributed by atoms with E-state index in [-0.39, 0.29) is 6.10 Å². The fraction of sp³-hybridized carbons (Fsp3) is 1.00. The Morgan fingerprint density at radius 2 is 1.84 bits per heavy atom. The van der Waals surface area contributed by atoms with Crippen molar-refractivity contribution >= 4 is 0 Å². The second-order valence-electron chi connectivity index (χ2n) is 6.17. The number of aliphatic hydroxyl groups excluding tert-OH is 1. The van der Waals surface area contributed by atoms with Gasteiger partial charge in [0, 0.05) is 32.7 Å². The Morgan fingerprint density at radius 3 is 2.42 bits per heavy atom. The lowest BCUT2D eigenvalue weighted by Crippen LogP contribution is -2.49. The van der Waals surface area contributed by atoms with Crippen molar-refractivity contribution in [3.63, 3.8) is 0 Å². The summed E-state index contributed by atoms with van der Waals surface area (Å²) in [5.41, 5.74) is 0. The van der Waals surface area contributed by atoms with Crippen molar-refractivity contribution in [3.8, 4) is 0 Å². The van der Waals surface area contributed by atoms with E-state index in [1.165, 1.54) is 19.3 Å². The molecular formula is C15H30N2O2. The summed E-state index contributed by atoms with van der Waals surface area (Å²) >= 11 is 0. The topological polar surface area (TPSA) is 35.9 Å². The molecule has 1 aliphatic heterocycles. The summed E-state index contributed by atoms with van der Waals surface area (Å²) in [6, 6.07) is 0. The fourth-order valence-electron chi connectivity index (χ4n) is 3.23. The largest absolute Gasteiger partial charge is 0.389 e. The van der Waals surface area contributed by atoms with Crippen molar-refractivity contribution in [2.24, 2.45) is 5.92 Å². The SMILES string of the molecule is CCN1CCN(C[C@H](O)CO[C@H]2CCC[C@H]2C)CC1. The number of rotatable bonds is 6. The normalized spacial score (nSPS) is 31.7. The maximum atomic E-state index is 10.1. The second-order valence-corrected chi connectivity index (χ2v) is 6.17. The Morgan fingerprint density at radius 1 is 1.16 bits per heavy atom. The third-order valence-electron chi connectivity index (χ3n) is 4.67. The van der Waals surface area contributed by atoms with Crippen LogP contribution >= 0.6 is 0 Å². The van der Waals surface area contributed by atoms with E-state index in [1.54, 1.807) is 0 Å². The van der Waals surface area contributed by atoms with Gasteiger partial charge in [-0.15, -0.1) is 0 Å². The zero-order valence-electron chi connectivity index (χ0n) is 12.6. The molecule has 1 N–H and O–H groups in total. The van der Waals surface area contributed by atoms with Gasteiger partial charge in [0.2, 0.25) is 0 Å². The minimum absolute atomic E-state index is 0.332. The van der Waals surface area contributed by atoms with Crippen LogP contribution in [-0.2, 0) is 4.74 Å². The monoisotopic (exact) mass is 270 g/mol. The van der Waals surface area contributed by atoms with Gasteiger partial charge in [-0.05, 0) is 25.3 Å². The van der Waals surface area contributed by atoms with E-state index in [0.29, 0.717) is 18.6 Å². The number of hydrogen-bond donors (Lipinski definition) is 1. The first kappa shape index (κ1) is 15.2. The van der Waals surface area contributed by atoms with Gasteiger partial charge in [0.05, 0.1) is 18.8 Å². The Bertz CT molecular complexity index is 255. The lowest BCUT2D eigenvalue weighted by atomic mass is 10.1. The molecule has 4 heteroatoms. The Hall–Kier alpha value is -0.160. The average Bonchev–Trinajstić information content (AvgIpc) is 2.83. The quantitative estimate of drug-likeness (QED) is 0.786. The predicted molar refractivity (Wildman–Crippen MR) is 77.3 cm³/mol. The summed E-state index contributed by atoms with van der Waals surface area (Å²) in [6.45, 7) is 11.3. The summed E-state index contributed by atoms with van der Waals surface area (Å²) in [5, 5.41) is 10.1. The summed E-state index contributed by atoms with van der Waals surface area (Å²) in [4.78, 5) is 4.82. The minimum atomic E-state index is -0.332. The van der Waals surface area contributed by atoms with Crippen LogP contribution in [0.2, 0.25) is 0 Å². The number of piperazine rings is 1. The molecule has 2 fully saturated rings. The van der Waals surface area contributed by atoms with Crippen LogP contribution in [0, 0.1) is 5.92 Å². The summed E-state index contributed by atoms with van der Waals surface area (Å²) < 4.78 is 5.87. The number of hydrogen-bond acceptors (Lipinski definition) is 4. The van der Waals surface area contributed by atoms with E-state index < -0.39 is 0 Å². The molecule has 3 atom stereocenters.